The minimum Gasteiger partial charge on any atom is -0.207 e. The Morgan fingerprint density at radius 2 is 1.89 bits per heavy atom. The van der Waals surface area contributed by atoms with Crippen molar-refractivity contribution in [1.29, 1.82) is 0 Å². The summed E-state index contributed by atoms with van der Waals surface area (Å²) in [5.74, 6) is 0.546. The lowest BCUT2D eigenvalue weighted by Crippen LogP contribution is -2.24. The van der Waals surface area contributed by atoms with E-state index in [1.807, 2.05) is 12.1 Å². The van der Waals surface area contributed by atoms with Gasteiger partial charge in [0.2, 0.25) is 10.0 Å². The van der Waals surface area contributed by atoms with E-state index in [2.05, 4.69) is 25.1 Å². The topological polar surface area (TPSA) is 46.2 Å². The first-order valence-corrected chi connectivity index (χ1v) is 7.59. The van der Waals surface area contributed by atoms with Crippen LogP contribution in [-0.2, 0) is 16.4 Å². The lowest BCUT2D eigenvalue weighted by atomic mass is 10.0. The molecule has 0 atom stereocenters. The SMILES string of the molecule is C=C(Cl)CNS(=O)(=O)c1ccc(CC(C)C)cc1. The van der Waals surface area contributed by atoms with Crippen LogP contribution in [0.1, 0.15) is 19.4 Å². The third-order valence-corrected chi connectivity index (χ3v) is 3.88. The van der Waals surface area contributed by atoms with Crippen LogP contribution in [0.15, 0.2) is 40.8 Å². The fraction of sp³-hybridized carbons (Fsp3) is 0.385. The predicted molar refractivity (Wildman–Crippen MR) is 75.2 cm³/mol. The van der Waals surface area contributed by atoms with Crippen molar-refractivity contribution in [3.8, 4) is 0 Å². The molecular weight excluding hydrogens is 270 g/mol. The van der Waals surface area contributed by atoms with Gasteiger partial charge in [-0.05, 0) is 30.0 Å². The van der Waals surface area contributed by atoms with E-state index >= 15 is 0 Å². The minimum absolute atomic E-state index is 0.0393. The Morgan fingerprint density at radius 3 is 2.33 bits per heavy atom. The van der Waals surface area contributed by atoms with Gasteiger partial charge in [-0.15, -0.1) is 0 Å². The standard InChI is InChI=1S/C13H18ClNO2S/c1-10(2)8-12-4-6-13(7-5-12)18(16,17)15-9-11(3)14/h4-7,10,15H,3,8-9H2,1-2H3. The number of hydrogen-bond donors (Lipinski definition) is 1. The van der Waals surface area contributed by atoms with E-state index in [0.717, 1.165) is 12.0 Å². The van der Waals surface area contributed by atoms with Crippen LogP contribution in [0.3, 0.4) is 0 Å². The summed E-state index contributed by atoms with van der Waals surface area (Å²) in [5.41, 5.74) is 1.13. The van der Waals surface area contributed by atoms with Crippen molar-refractivity contribution in [2.24, 2.45) is 5.92 Å². The third kappa shape index (κ3) is 4.80. The Labute approximate surface area is 114 Å². The molecule has 18 heavy (non-hydrogen) atoms. The first-order chi connectivity index (χ1) is 8.31. The molecule has 0 aliphatic carbocycles. The Kier molecular flexibility index (Phi) is 5.38. The van der Waals surface area contributed by atoms with Gasteiger partial charge in [0.05, 0.1) is 4.90 Å². The summed E-state index contributed by atoms with van der Waals surface area (Å²) in [6, 6.07) is 6.89. The minimum atomic E-state index is -3.50. The second-order valence-corrected chi connectivity index (χ2v) is 6.89. The monoisotopic (exact) mass is 287 g/mol. The molecule has 5 heteroatoms. The summed E-state index contributed by atoms with van der Waals surface area (Å²) in [4.78, 5) is 0.243. The van der Waals surface area contributed by atoms with Crippen LogP contribution in [0.4, 0.5) is 0 Å². The van der Waals surface area contributed by atoms with Gasteiger partial charge in [-0.3, -0.25) is 0 Å². The van der Waals surface area contributed by atoms with Gasteiger partial charge in [-0.1, -0.05) is 44.2 Å². The maximum atomic E-state index is 11.9. The third-order valence-electron chi connectivity index (χ3n) is 2.33. The van der Waals surface area contributed by atoms with Gasteiger partial charge in [-0.25, -0.2) is 13.1 Å². The van der Waals surface area contributed by atoms with Crippen LogP contribution in [0.5, 0.6) is 0 Å². The average Bonchev–Trinajstić information content (AvgIpc) is 2.26. The average molecular weight is 288 g/mol. The van der Waals surface area contributed by atoms with Crippen molar-refractivity contribution in [1.82, 2.24) is 4.72 Å². The van der Waals surface area contributed by atoms with Crippen LogP contribution in [0.25, 0.3) is 0 Å². The number of hydrogen-bond acceptors (Lipinski definition) is 2. The Bertz CT molecular complexity index is 506. The number of benzene rings is 1. The molecule has 0 fully saturated rings. The molecule has 0 aliphatic rings. The van der Waals surface area contributed by atoms with E-state index in [-0.39, 0.29) is 16.5 Å². The number of halogens is 1. The lowest BCUT2D eigenvalue weighted by Gasteiger charge is -2.08. The van der Waals surface area contributed by atoms with Crippen molar-refractivity contribution in [3.63, 3.8) is 0 Å². The smallest absolute Gasteiger partial charge is 0.207 e. The Hall–Kier alpha value is -0.840. The van der Waals surface area contributed by atoms with Crippen molar-refractivity contribution in [2.45, 2.75) is 25.2 Å². The van der Waals surface area contributed by atoms with Crippen molar-refractivity contribution >= 4 is 21.6 Å². The highest BCUT2D eigenvalue weighted by atomic mass is 35.5. The molecule has 0 amide bonds. The largest absolute Gasteiger partial charge is 0.240 e. The quantitative estimate of drug-likeness (QED) is 0.874. The van der Waals surface area contributed by atoms with E-state index in [0.29, 0.717) is 5.92 Å². The molecule has 100 valence electrons. The summed E-state index contributed by atoms with van der Waals surface area (Å²) in [6.45, 7) is 7.72. The maximum Gasteiger partial charge on any atom is 0.240 e. The molecule has 0 saturated carbocycles. The zero-order valence-electron chi connectivity index (χ0n) is 10.6. The Morgan fingerprint density at radius 1 is 1.33 bits per heavy atom. The molecule has 0 spiro atoms. The van der Waals surface area contributed by atoms with Crippen LogP contribution >= 0.6 is 11.6 Å². The fourth-order valence-corrected chi connectivity index (χ4v) is 2.70. The maximum absolute atomic E-state index is 11.9. The van der Waals surface area contributed by atoms with Gasteiger partial charge in [-0.2, -0.15) is 0 Å². The highest BCUT2D eigenvalue weighted by Gasteiger charge is 2.13. The highest BCUT2D eigenvalue weighted by molar-refractivity contribution is 7.89. The molecule has 3 nitrogen and oxygen atoms in total. The molecule has 0 aliphatic heterocycles. The molecule has 1 aromatic rings. The van der Waals surface area contributed by atoms with Crippen molar-refractivity contribution in [3.05, 3.63) is 41.4 Å². The zero-order valence-corrected chi connectivity index (χ0v) is 12.2. The van der Waals surface area contributed by atoms with Crippen LogP contribution in [0, 0.1) is 5.92 Å². The van der Waals surface area contributed by atoms with Gasteiger partial charge in [0.25, 0.3) is 0 Å². The second-order valence-electron chi connectivity index (χ2n) is 4.58. The van der Waals surface area contributed by atoms with E-state index in [1.54, 1.807) is 12.1 Å². The summed E-state index contributed by atoms with van der Waals surface area (Å²) >= 11 is 5.53. The van der Waals surface area contributed by atoms with Crippen molar-refractivity contribution < 1.29 is 8.42 Å². The van der Waals surface area contributed by atoms with E-state index in [4.69, 9.17) is 11.6 Å². The van der Waals surface area contributed by atoms with E-state index < -0.39 is 10.0 Å². The first-order valence-electron chi connectivity index (χ1n) is 5.73. The molecule has 0 bridgehead atoms. The molecule has 1 aromatic carbocycles. The first kappa shape index (κ1) is 15.2. The molecule has 0 radical (unpaired) electrons. The summed E-state index contributed by atoms with van der Waals surface area (Å²) in [5, 5.41) is 0.259. The van der Waals surface area contributed by atoms with Crippen LogP contribution < -0.4 is 4.72 Å². The normalized spacial score (nSPS) is 11.8. The molecular formula is C13H18ClNO2S. The van der Waals surface area contributed by atoms with Crippen LogP contribution in [-0.4, -0.2) is 15.0 Å². The van der Waals surface area contributed by atoms with Gasteiger partial charge >= 0.3 is 0 Å². The summed E-state index contributed by atoms with van der Waals surface area (Å²) < 4.78 is 26.1. The molecule has 1 N–H and O–H groups in total. The Balaban J connectivity index is 2.81. The van der Waals surface area contributed by atoms with Gasteiger partial charge in [0.1, 0.15) is 0 Å². The lowest BCUT2D eigenvalue weighted by molar-refractivity contribution is 0.585. The number of sulfonamides is 1. The zero-order chi connectivity index (χ0) is 13.8. The molecule has 0 unspecified atom stereocenters. The molecule has 1 rings (SSSR count). The molecule has 0 aromatic heterocycles. The van der Waals surface area contributed by atoms with Gasteiger partial charge < -0.3 is 0 Å². The fourth-order valence-electron chi connectivity index (χ4n) is 1.53. The highest BCUT2D eigenvalue weighted by Crippen LogP contribution is 2.13. The van der Waals surface area contributed by atoms with E-state index in [1.165, 1.54) is 0 Å². The second kappa shape index (κ2) is 6.36. The van der Waals surface area contributed by atoms with Crippen molar-refractivity contribution in [2.75, 3.05) is 6.54 Å². The van der Waals surface area contributed by atoms with Gasteiger partial charge in [0, 0.05) is 11.6 Å². The molecule has 0 heterocycles. The number of rotatable bonds is 6. The van der Waals surface area contributed by atoms with Gasteiger partial charge in [0.15, 0.2) is 0 Å². The predicted octanol–water partition coefficient (Wildman–Crippen LogP) is 2.92. The summed E-state index contributed by atoms with van der Waals surface area (Å²) in [7, 11) is -3.50. The number of nitrogens with one attached hydrogen (secondary N) is 1. The van der Waals surface area contributed by atoms with E-state index in [9.17, 15) is 8.42 Å². The van der Waals surface area contributed by atoms with Crippen LogP contribution in [0.2, 0.25) is 0 Å². The molecule has 0 saturated heterocycles. The summed E-state index contributed by atoms with van der Waals surface area (Å²) in [6.07, 6.45) is 0.937.